The fourth-order valence-electron chi connectivity index (χ4n) is 5.40. The molecule has 4 aliphatic carbocycles. The highest BCUT2D eigenvalue weighted by atomic mass is 35.5. The van der Waals surface area contributed by atoms with Crippen LogP contribution in [-0.2, 0) is 9.53 Å². The Balaban J connectivity index is 1.90. The predicted octanol–water partition coefficient (Wildman–Crippen LogP) is 4.01. The molecule has 0 saturated heterocycles. The average molecular weight is 285 g/mol. The van der Waals surface area contributed by atoms with E-state index in [9.17, 15) is 4.79 Å². The van der Waals surface area contributed by atoms with Gasteiger partial charge in [-0.15, -0.1) is 11.6 Å². The van der Waals surface area contributed by atoms with Crippen LogP contribution in [0.4, 0.5) is 0 Å². The van der Waals surface area contributed by atoms with Gasteiger partial charge < -0.3 is 4.74 Å². The van der Waals surface area contributed by atoms with E-state index in [1.165, 1.54) is 32.1 Å². The van der Waals surface area contributed by atoms with E-state index in [2.05, 4.69) is 13.8 Å². The average Bonchev–Trinajstić information content (AvgIpc) is 2.32. The van der Waals surface area contributed by atoms with E-state index in [1.54, 1.807) is 6.92 Å². The molecule has 0 amide bonds. The lowest BCUT2D eigenvalue weighted by atomic mass is 9.47. The molecule has 4 bridgehead atoms. The smallest absolute Gasteiger partial charge is 0.324 e. The van der Waals surface area contributed by atoms with Gasteiger partial charge in [-0.25, -0.2) is 0 Å². The van der Waals surface area contributed by atoms with E-state index in [0.29, 0.717) is 17.8 Å². The van der Waals surface area contributed by atoms with Gasteiger partial charge in [0.2, 0.25) is 0 Å². The Bertz CT molecular complexity index is 347. The van der Waals surface area contributed by atoms with Crippen molar-refractivity contribution in [3.8, 4) is 0 Å². The van der Waals surface area contributed by atoms with Crippen molar-refractivity contribution >= 4 is 17.6 Å². The number of hydrogen-bond acceptors (Lipinski definition) is 2. The zero-order valence-electron chi connectivity index (χ0n) is 12.2. The molecule has 19 heavy (non-hydrogen) atoms. The van der Waals surface area contributed by atoms with E-state index in [-0.39, 0.29) is 11.6 Å². The van der Waals surface area contributed by atoms with Gasteiger partial charge in [0.25, 0.3) is 0 Å². The van der Waals surface area contributed by atoms with Gasteiger partial charge >= 0.3 is 5.97 Å². The van der Waals surface area contributed by atoms with E-state index >= 15 is 0 Å². The van der Waals surface area contributed by atoms with Gasteiger partial charge in [-0.05, 0) is 68.6 Å². The lowest BCUT2D eigenvalue weighted by Crippen LogP contribution is -2.62. The van der Waals surface area contributed by atoms with Crippen LogP contribution in [0.15, 0.2) is 0 Å². The van der Waals surface area contributed by atoms with E-state index < -0.39 is 5.38 Å². The van der Waals surface area contributed by atoms with E-state index in [4.69, 9.17) is 16.3 Å². The number of rotatable bonds is 3. The van der Waals surface area contributed by atoms with Gasteiger partial charge in [-0.3, -0.25) is 4.79 Å². The van der Waals surface area contributed by atoms with Gasteiger partial charge in [-0.2, -0.15) is 0 Å². The molecule has 0 N–H and O–H groups in total. The highest BCUT2D eigenvalue weighted by Crippen LogP contribution is 2.61. The number of hydrogen-bond donors (Lipinski definition) is 0. The van der Waals surface area contributed by atoms with Crippen LogP contribution in [0.5, 0.6) is 0 Å². The van der Waals surface area contributed by atoms with Crippen molar-refractivity contribution in [2.75, 3.05) is 0 Å². The van der Waals surface area contributed by atoms with E-state index in [1.807, 2.05) is 0 Å². The molecule has 4 fully saturated rings. The molecule has 0 heterocycles. The summed E-state index contributed by atoms with van der Waals surface area (Å²) in [4.78, 5) is 12.1. The van der Waals surface area contributed by atoms with Gasteiger partial charge in [0.1, 0.15) is 11.0 Å². The van der Waals surface area contributed by atoms with E-state index in [0.717, 1.165) is 11.8 Å². The summed E-state index contributed by atoms with van der Waals surface area (Å²) in [6.07, 6.45) is 6.45. The van der Waals surface area contributed by atoms with Crippen molar-refractivity contribution in [3.05, 3.63) is 0 Å². The van der Waals surface area contributed by atoms with Crippen LogP contribution >= 0.6 is 11.6 Å². The van der Waals surface area contributed by atoms with Crippen LogP contribution < -0.4 is 0 Å². The molecule has 0 aliphatic heterocycles. The Hall–Kier alpha value is -0.240. The summed E-state index contributed by atoms with van der Waals surface area (Å²) in [5, 5.41) is -0.534. The van der Waals surface area contributed by atoms with Crippen molar-refractivity contribution in [2.45, 2.75) is 63.9 Å². The van der Waals surface area contributed by atoms with Crippen molar-refractivity contribution in [1.82, 2.24) is 0 Å². The number of alkyl halides is 1. The Morgan fingerprint density at radius 2 is 1.53 bits per heavy atom. The molecule has 4 aliphatic rings. The van der Waals surface area contributed by atoms with Crippen molar-refractivity contribution in [2.24, 2.45) is 29.6 Å². The highest BCUT2D eigenvalue weighted by molar-refractivity contribution is 6.29. The van der Waals surface area contributed by atoms with Crippen molar-refractivity contribution in [3.63, 3.8) is 0 Å². The molecule has 0 spiro atoms. The summed E-state index contributed by atoms with van der Waals surface area (Å²) in [7, 11) is 0. The summed E-state index contributed by atoms with van der Waals surface area (Å²) in [5.74, 6) is 3.10. The quantitative estimate of drug-likeness (QED) is 0.578. The molecule has 4 saturated carbocycles. The van der Waals surface area contributed by atoms with Crippen LogP contribution in [0.1, 0.15) is 52.9 Å². The molecular weight excluding hydrogens is 260 g/mol. The second-order valence-electron chi connectivity index (χ2n) is 7.35. The van der Waals surface area contributed by atoms with Crippen molar-refractivity contribution in [1.29, 1.82) is 0 Å². The Morgan fingerprint density at radius 3 is 1.89 bits per heavy atom. The topological polar surface area (TPSA) is 26.3 Å². The fourth-order valence-corrected chi connectivity index (χ4v) is 5.45. The lowest BCUT2D eigenvalue weighted by Gasteiger charge is -2.61. The Labute approximate surface area is 121 Å². The monoisotopic (exact) mass is 284 g/mol. The van der Waals surface area contributed by atoms with Crippen molar-refractivity contribution < 1.29 is 9.53 Å². The third kappa shape index (κ3) is 2.02. The Kier molecular flexibility index (Phi) is 3.36. The minimum absolute atomic E-state index is 0.220. The number of ether oxygens (including phenoxy) is 1. The first kappa shape index (κ1) is 13.7. The third-order valence-corrected chi connectivity index (χ3v) is 6.10. The summed E-state index contributed by atoms with van der Waals surface area (Å²) < 4.78 is 6.07. The first-order valence-corrected chi connectivity index (χ1v) is 8.24. The minimum atomic E-state index is -0.534. The molecule has 0 aromatic rings. The second kappa shape index (κ2) is 4.65. The predicted molar refractivity (Wildman–Crippen MR) is 76.0 cm³/mol. The van der Waals surface area contributed by atoms with Gasteiger partial charge in [0.15, 0.2) is 0 Å². The zero-order valence-corrected chi connectivity index (χ0v) is 13.0. The van der Waals surface area contributed by atoms with Crippen LogP contribution in [0.2, 0.25) is 0 Å². The van der Waals surface area contributed by atoms with Gasteiger partial charge in [0.05, 0.1) is 0 Å². The maximum absolute atomic E-state index is 12.1. The molecular formula is C16H25ClO2. The fraction of sp³-hybridized carbons (Fsp3) is 0.938. The molecule has 0 aromatic heterocycles. The first-order chi connectivity index (χ1) is 8.93. The maximum atomic E-state index is 12.1. The molecule has 1 unspecified atom stereocenters. The summed E-state index contributed by atoms with van der Waals surface area (Å²) >= 11 is 5.93. The van der Waals surface area contributed by atoms with Gasteiger partial charge in [0, 0.05) is 0 Å². The maximum Gasteiger partial charge on any atom is 0.324 e. The summed E-state index contributed by atoms with van der Waals surface area (Å²) in [5.41, 5.74) is -0.229. The zero-order chi connectivity index (χ0) is 13.8. The first-order valence-electron chi connectivity index (χ1n) is 7.80. The molecule has 3 heteroatoms. The Morgan fingerprint density at radius 1 is 1.05 bits per heavy atom. The van der Waals surface area contributed by atoms with Gasteiger partial charge in [-0.1, -0.05) is 13.8 Å². The minimum Gasteiger partial charge on any atom is -0.457 e. The number of esters is 1. The summed E-state index contributed by atoms with van der Waals surface area (Å²) in [6, 6.07) is 0. The molecule has 4 rings (SSSR count). The third-order valence-electron chi connectivity index (χ3n) is 5.92. The normalized spacial score (nSPS) is 45.5. The lowest BCUT2D eigenvalue weighted by molar-refractivity contribution is -0.224. The van der Waals surface area contributed by atoms with Crippen LogP contribution in [-0.4, -0.2) is 16.9 Å². The molecule has 0 radical (unpaired) electrons. The largest absolute Gasteiger partial charge is 0.457 e. The molecule has 0 aromatic carbocycles. The standard InChI is InChI=1S/C16H25ClO2/c1-9(2)16(19-15(18)10(3)17)13-5-11-4-12(7-13)8-14(16)6-11/h9-14H,4-8H2,1-3H3. The molecule has 108 valence electrons. The number of carbonyl (C=O) groups excluding carboxylic acids is 1. The second-order valence-corrected chi connectivity index (χ2v) is 8.00. The SMILES string of the molecule is CC(Cl)C(=O)OC1(C(C)C)C2CC3CC(C2)CC1C3. The highest BCUT2D eigenvalue weighted by Gasteiger charge is 2.60. The number of halogens is 1. The van der Waals surface area contributed by atoms with Crippen LogP contribution in [0, 0.1) is 29.6 Å². The van der Waals surface area contributed by atoms with Crippen LogP contribution in [0.25, 0.3) is 0 Å². The molecule has 2 nitrogen and oxygen atoms in total. The molecule has 1 atom stereocenters. The van der Waals surface area contributed by atoms with Crippen LogP contribution in [0.3, 0.4) is 0 Å². The summed E-state index contributed by atoms with van der Waals surface area (Å²) in [6.45, 7) is 6.15. The number of carbonyl (C=O) groups is 1.